The molecule has 0 fully saturated rings. The lowest BCUT2D eigenvalue weighted by Gasteiger charge is -2.10. The third-order valence-corrected chi connectivity index (χ3v) is 3.11. The molecule has 0 saturated carbocycles. The molecule has 0 unspecified atom stereocenters. The number of non-ortho nitro benzene ring substituents is 1. The highest BCUT2D eigenvalue weighted by molar-refractivity contribution is 7.89. The third kappa shape index (κ3) is 2.70. The first kappa shape index (κ1) is 13.4. The lowest BCUT2D eigenvalue weighted by Crippen LogP contribution is -2.16. The van der Waals surface area contributed by atoms with Crippen LogP contribution >= 0.6 is 0 Å². The molecular formula is C8H11N3O5S. The number of aryl methyl sites for hydroxylation is 1. The van der Waals surface area contributed by atoms with Crippen molar-refractivity contribution in [3.8, 4) is 0 Å². The fraction of sp³-hybridized carbons (Fsp3) is 0.250. The Kier molecular flexibility index (Phi) is 3.66. The zero-order chi connectivity index (χ0) is 13.2. The van der Waals surface area contributed by atoms with Crippen molar-refractivity contribution in [3.63, 3.8) is 0 Å². The molecule has 0 saturated heterocycles. The molecule has 4 N–H and O–H groups in total. The molecular weight excluding hydrogens is 250 g/mol. The van der Waals surface area contributed by atoms with Gasteiger partial charge in [-0.2, -0.15) is 0 Å². The molecule has 1 aromatic carbocycles. The van der Waals surface area contributed by atoms with Crippen molar-refractivity contribution < 1.29 is 18.5 Å². The van der Waals surface area contributed by atoms with Crippen LogP contribution in [0.4, 0.5) is 11.4 Å². The van der Waals surface area contributed by atoms with Crippen LogP contribution in [-0.2, 0) is 16.4 Å². The standard InChI is InChI=1S/C8H11N3O5S/c1-2-5-3-6(11(13)14)4-7(8(5)10-12)17(9,15)16/h3-4,10,12H,2H2,1H3,(H2,9,15,16). The summed E-state index contributed by atoms with van der Waals surface area (Å²) < 4.78 is 22.5. The molecule has 0 aromatic heterocycles. The van der Waals surface area contributed by atoms with E-state index >= 15 is 0 Å². The molecule has 94 valence electrons. The van der Waals surface area contributed by atoms with Crippen molar-refractivity contribution in [2.75, 3.05) is 5.48 Å². The number of anilines is 1. The Labute approximate surface area is 97.2 Å². The van der Waals surface area contributed by atoms with E-state index in [0.717, 1.165) is 6.07 Å². The van der Waals surface area contributed by atoms with E-state index in [1.54, 1.807) is 12.4 Å². The minimum absolute atomic E-state index is 0.138. The first-order valence-electron chi connectivity index (χ1n) is 4.55. The number of hydrogen-bond acceptors (Lipinski definition) is 6. The van der Waals surface area contributed by atoms with E-state index in [-0.39, 0.29) is 11.3 Å². The number of primary sulfonamides is 1. The van der Waals surface area contributed by atoms with Gasteiger partial charge < -0.3 is 0 Å². The molecule has 0 heterocycles. The summed E-state index contributed by atoms with van der Waals surface area (Å²) in [6.45, 7) is 1.66. The van der Waals surface area contributed by atoms with E-state index < -0.39 is 25.5 Å². The Hall–Kier alpha value is -1.71. The lowest BCUT2D eigenvalue weighted by molar-refractivity contribution is -0.385. The van der Waals surface area contributed by atoms with Crippen molar-refractivity contribution in [1.82, 2.24) is 0 Å². The molecule has 0 aliphatic rings. The average molecular weight is 261 g/mol. The summed E-state index contributed by atoms with van der Waals surface area (Å²) in [5.41, 5.74) is 1.45. The first-order valence-corrected chi connectivity index (χ1v) is 6.10. The van der Waals surface area contributed by atoms with Gasteiger partial charge in [-0.25, -0.2) is 13.6 Å². The van der Waals surface area contributed by atoms with E-state index in [0.29, 0.717) is 6.42 Å². The zero-order valence-corrected chi connectivity index (χ0v) is 9.69. The van der Waals surface area contributed by atoms with Gasteiger partial charge in [0.2, 0.25) is 10.0 Å². The maximum absolute atomic E-state index is 11.3. The number of sulfonamides is 1. The first-order chi connectivity index (χ1) is 7.81. The molecule has 17 heavy (non-hydrogen) atoms. The van der Waals surface area contributed by atoms with E-state index in [2.05, 4.69) is 0 Å². The number of rotatable bonds is 4. The fourth-order valence-corrected chi connectivity index (χ4v) is 2.14. The average Bonchev–Trinajstić information content (AvgIpc) is 2.25. The summed E-state index contributed by atoms with van der Waals surface area (Å²) in [4.78, 5) is 9.40. The van der Waals surface area contributed by atoms with Crippen molar-refractivity contribution in [2.45, 2.75) is 18.2 Å². The summed E-state index contributed by atoms with van der Waals surface area (Å²) in [5, 5.41) is 24.4. The normalized spacial score (nSPS) is 11.2. The second kappa shape index (κ2) is 4.65. The van der Waals surface area contributed by atoms with E-state index in [9.17, 15) is 18.5 Å². The zero-order valence-electron chi connectivity index (χ0n) is 8.87. The number of hydrogen-bond donors (Lipinski definition) is 3. The Morgan fingerprint density at radius 2 is 2.12 bits per heavy atom. The van der Waals surface area contributed by atoms with Crippen LogP contribution in [0.1, 0.15) is 12.5 Å². The molecule has 0 bridgehead atoms. The number of nitrogens with zero attached hydrogens (tertiary/aromatic N) is 1. The van der Waals surface area contributed by atoms with Crippen LogP contribution in [0.2, 0.25) is 0 Å². The van der Waals surface area contributed by atoms with Gasteiger partial charge in [0.25, 0.3) is 5.69 Å². The maximum Gasteiger partial charge on any atom is 0.271 e. The van der Waals surface area contributed by atoms with Crippen LogP contribution in [0.3, 0.4) is 0 Å². The Morgan fingerprint density at radius 1 is 1.53 bits per heavy atom. The lowest BCUT2D eigenvalue weighted by atomic mass is 10.1. The second-order valence-corrected chi connectivity index (χ2v) is 4.78. The van der Waals surface area contributed by atoms with Crippen LogP contribution in [-0.4, -0.2) is 18.5 Å². The minimum Gasteiger partial charge on any atom is -0.291 e. The third-order valence-electron chi connectivity index (χ3n) is 2.18. The molecule has 0 amide bonds. The molecule has 1 rings (SSSR count). The quantitative estimate of drug-likeness (QED) is 0.536. The highest BCUT2D eigenvalue weighted by Gasteiger charge is 2.22. The Morgan fingerprint density at radius 3 is 2.47 bits per heavy atom. The molecule has 8 nitrogen and oxygen atoms in total. The minimum atomic E-state index is -4.16. The topological polar surface area (TPSA) is 136 Å². The summed E-state index contributed by atoms with van der Waals surface area (Å²) in [7, 11) is -4.16. The van der Waals surface area contributed by atoms with E-state index in [4.69, 9.17) is 10.3 Å². The smallest absolute Gasteiger partial charge is 0.271 e. The fourth-order valence-electron chi connectivity index (χ4n) is 1.39. The molecule has 0 spiro atoms. The van der Waals surface area contributed by atoms with Crippen molar-refractivity contribution >= 4 is 21.4 Å². The van der Waals surface area contributed by atoms with Gasteiger partial charge in [0.05, 0.1) is 10.6 Å². The van der Waals surface area contributed by atoms with Gasteiger partial charge in [-0.1, -0.05) is 6.92 Å². The van der Waals surface area contributed by atoms with Crippen molar-refractivity contribution in [2.24, 2.45) is 5.14 Å². The number of nitro groups is 1. The summed E-state index contributed by atoms with van der Waals surface area (Å²) >= 11 is 0. The van der Waals surface area contributed by atoms with Gasteiger partial charge in [-0.05, 0) is 12.0 Å². The van der Waals surface area contributed by atoms with Crippen LogP contribution in [0, 0.1) is 10.1 Å². The number of nitro benzene ring substituents is 1. The summed E-state index contributed by atoms with van der Waals surface area (Å²) in [6, 6.07) is 1.97. The number of benzene rings is 1. The Bertz CT molecular complexity index is 555. The predicted molar refractivity (Wildman–Crippen MR) is 59.3 cm³/mol. The summed E-state index contributed by atoms with van der Waals surface area (Å²) in [6.07, 6.45) is 0.299. The highest BCUT2D eigenvalue weighted by atomic mass is 32.2. The van der Waals surface area contributed by atoms with Crippen LogP contribution < -0.4 is 10.6 Å². The number of nitrogens with one attached hydrogen (secondary N) is 1. The van der Waals surface area contributed by atoms with Crippen molar-refractivity contribution in [3.05, 3.63) is 27.8 Å². The monoisotopic (exact) mass is 261 g/mol. The van der Waals surface area contributed by atoms with Gasteiger partial charge in [0.15, 0.2) is 0 Å². The largest absolute Gasteiger partial charge is 0.291 e. The van der Waals surface area contributed by atoms with Crippen molar-refractivity contribution in [1.29, 1.82) is 0 Å². The molecule has 9 heteroatoms. The molecule has 0 aliphatic carbocycles. The highest BCUT2D eigenvalue weighted by Crippen LogP contribution is 2.30. The predicted octanol–water partition coefficient (Wildman–Crippen LogP) is 0.606. The number of nitrogens with two attached hydrogens (primary N) is 1. The van der Waals surface area contributed by atoms with Gasteiger partial charge in [-0.3, -0.25) is 20.8 Å². The maximum atomic E-state index is 11.3. The van der Waals surface area contributed by atoms with Gasteiger partial charge in [0, 0.05) is 12.1 Å². The van der Waals surface area contributed by atoms with Gasteiger partial charge in [0.1, 0.15) is 4.90 Å². The van der Waals surface area contributed by atoms with Gasteiger partial charge in [-0.15, -0.1) is 0 Å². The molecule has 0 aliphatic heterocycles. The van der Waals surface area contributed by atoms with Crippen LogP contribution in [0.15, 0.2) is 17.0 Å². The Balaban J connectivity index is 3.66. The molecule has 0 atom stereocenters. The van der Waals surface area contributed by atoms with Crippen LogP contribution in [0.5, 0.6) is 0 Å². The molecule has 1 aromatic rings. The van der Waals surface area contributed by atoms with Gasteiger partial charge >= 0.3 is 0 Å². The SMILES string of the molecule is CCc1cc([N+](=O)[O-])cc(S(N)(=O)=O)c1NO. The van der Waals surface area contributed by atoms with E-state index in [1.165, 1.54) is 6.07 Å². The second-order valence-electron chi connectivity index (χ2n) is 3.25. The molecule has 0 radical (unpaired) electrons. The van der Waals surface area contributed by atoms with Crippen LogP contribution in [0.25, 0.3) is 0 Å². The summed E-state index contributed by atoms with van der Waals surface area (Å²) in [5.74, 6) is 0. The van der Waals surface area contributed by atoms with E-state index in [1.807, 2.05) is 0 Å².